The molecule has 0 aliphatic carbocycles. The molecular weight excluding hydrogens is 324 g/mol. The minimum absolute atomic E-state index is 0.0291. The van der Waals surface area contributed by atoms with Crippen LogP contribution < -0.4 is 5.32 Å². The summed E-state index contributed by atoms with van der Waals surface area (Å²) < 4.78 is 25.9. The maximum absolute atomic E-state index is 12.1. The lowest BCUT2D eigenvalue weighted by atomic mass is 10.1. The standard InChI is InChI=1S/C14H23ClN4O2S/c1-18-13(15)7-17-14(18)8-16-11-9-22(20,21)10-12(11)19-5-3-2-4-6-19/h7,11-12,16H,2-6,8-10H2,1H3/t11-,12-/m0/s1. The average molecular weight is 347 g/mol. The molecule has 0 bridgehead atoms. The first-order valence-electron chi connectivity index (χ1n) is 7.80. The summed E-state index contributed by atoms with van der Waals surface area (Å²) in [7, 11) is -1.10. The minimum Gasteiger partial charge on any atom is -0.321 e. The van der Waals surface area contributed by atoms with Crippen LogP contribution in [0.1, 0.15) is 25.1 Å². The van der Waals surface area contributed by atoms with Gasteiger partial charge in [-0.2, -0.15) is 0 Å². The monoisotopic (exact) mass is 346 g/mol. The van der Waals surface area contributed by atoms with E-state index in [1.54, 1.807) is 6.20 Å². The fourth-order valence-electron chi connectivity index (χ4n) is 3.44. The normalized spacial score (nSPS) is 29.0. The number of likely N-dealkylation sites (tertiary alicyclic amines) is 1. The maximum atomic E-state index is 12.1. The van der Waals surface area contributed by atoms with E-state index in [1.807, 2.05) is 11.6 Å². The molecule has 0 aromatic carbocycles. The summed E-state index contributed by atoms with van der Waals surface area (Å²) in [6, 6.07) is 0.0552. The predicted molar refractivity (Wildman–Crippen MR) is 86.7 cm³/mol. The van der Waals surface area contributed by atoms with E-state index in [0.29, 0.717) is 11.7 Å². The number of piperidine rings is 1. The quantitative estimate of drug-likeness (QED) is 0.874. The van der Waals surface area contributed by atoms with E-state index in [4.69, 9.17) is 11.6 Å². The highest BCUT2D eigenvalue weighted by Gasteiger charge is 2.40. The molecule has 0 saturated carbocycles. The second-order valence-electron chi connectivity index (χ2n) is 6.28. The van der Waals surface area contributed by atoms with Crippen molar-refractivity contribution in [1.29, 1.82) is 0 Å². The third kappa shape index (κ3) is 3.48. The lowest BCUT2D eigenvalue weighted by Crippen LogP contribution is -2.50. The Kier molecular flexibility index (Phi) is 4.77. The van der Waals surface area contributed by atoms with E-state index in [1.165, 1.54) is 6.42 Å². The summed E-state index contributed by atoms with van der Waals surface area (Å²) in [4.78, 5) is 6.60. The Hall–Kier alpha value is -0.630. The number of imidazole rings is 1. The summed E-state index contributed by atoms with van der Waals surface area (Å²) >= 11 is 5.99. The van der Waals surface area contributed by atoms with Crippen molar-refractivity contribution in [3.05, 3.63) is 17.2 Å². The Morgan fingerprint density at radius 3 is 2.68 bits per heavy atom. The lowest BCUT2D eigenvalue weighted by molar-refractivity contribution is 0.154. The Bertz CT molecular complexity index is 625. The van der Waals surface area contributed by atoms with E-state index < -0.39 is 9.84 Å². The number of aromatic nitrogens is 2. The molecule has 8 heteroatoms. The highest BCUT2D eigenvalue weighted by molar-refractivity contribution is 7.91. The van der Waals surface area contributed by atoms with Gasteiger partial charge in [-0.1, -0.05) is 18.0 Å². The minimum atomic E-state index is -2.96. The second-order valence-corrected chi connectivity index (χ2v) is 8.83. The largest absolute Gasteiger partial charge is 0.321 e. The molecule has 2 aliphatic heterocycles. The predicted octanol–water partition coefficient (Wildman–Crippen LogP) is 0.815. The first kappa shape index (κ1) is 16.2. The number of halogens is 1. The maximum Gasteiger partial charge on any atom is 0.153 e. The molecular formula is C14H23ClN4O2S. The van der Waals surface area contributed by atoms with Crippen LogP contribution in [-0.4, -0.2) is 59.5 Å². The highest BCUT2D eigenvalue weighted by atomic mass is 35.5. The Morgan fingerprint density at radius 1 is 1.32 bits per heavy atom. The van der Waals surface area contributed by atoms with Crippen molar-refractivity contribution < 1.29 is 8.42 Å². The molecule has 3 heterocycles. The van der Waals surface area contributed by atoms with Gasteiger partial charge in [-0.05, 0) is 25.9 Å². The number of nitrogens with one attached hydrogen (secondary N) is 1. The zero-order valence-corrected chi connectivity index (χ0v) is 14.4. The van der Waals surface area contributed by atoms with Gasteiger partial charge >= 0.3 is 0 Å². The Balaban J connectivity index is 1.68. The molecule has 2 aliphatic rings. The lowest BCUT2D eigenvalue weighted by Gasteiger charge is -2.35. The van der Waals surface area contributed by atoms with E-state index in [-0.39, 0.29) is 23.6 Å². The van der Waals surface area contributed by atoms with E-state index in [9.17, 15) is 8.42 Å². The van der Waals surface area contributed by atoms with Gasteiger partial charge in [0.25, 0.3) is 0 Å². The molecule has 124 valence electrons. The van der Waals surface area contributed by atoms with Crippen molar-refractivity contribution in [2.75, 3.05) is 24.6 Å². The number of nitrogens with zero attached hydrogens (tertiary/aromatic N) is 3. The molecule has 3 rings (SSSR count). The second kappa shape index (κ2) is 6.47. The molecule has 22 heavy (non-hydrogen) atoms. The van der Waals surface area contributed by atoms with Crippen molar-refractivity contribution in [3.63, 3.8) is 0 Å². The van der Waals surface area contributed by atoms with Gasteiger partial charge in [0.15, 0.2) is 9.84 Å². The van der Waals surface area contributed by atoms with Gasteiger partial charge < -0.3 is 9.88 Å². The summed E-state index contributed by atoms with van der Waals surface area (Å²) in [5.74, 6) is 1.31. The van der Waals surface area contributed by atoms with Crippen LogP contribution in [-0.2, 0) is 23.4 Å². The molecule has 0 amide bonds. The molecule has 2 fully saturated rings. The Morgan fingerprint density at radius 2 is 2.05 bits per heavy atom. The van der Waals surface area contributed by atoms with Crippen LogP contribution in [0.25, 0.3) is 0 Å². The van der Waals surface area contributed by atoms with Crippen molar-refractivity contribution >= 4 is 21.4 Å². The van der Waals surface area contributed by atoms with Crippen molar-refractivity contribution in [3.8, 4) is 0 Å². The summed E-state index contributed by atoms with van der Waals surface area (Å²) in [5, 5.41) is 3.98. The van der Waals surface area contributed by atoms with Crippen molar-refractivity contribution in [2.24, 2.45) is 7.05 Å². The first-order valence-corrected chi connectivity index (χ1v) is 10.0. The Labute approximate surface area is 136 Å². The molecule has 1 aromatic heterocycles. The first-order chi connectivity index (χ1) is 10.5. The van der Waals surface area contributed by atoms with Gasteiger partial charge in [0.05, 0.1) is 24.2 Å². The van der Waals surface area contributed by atoms with Crippen LogP contribution in [0.3, 0.4) is 0 Å². The van der Waals surface area contributed by atoms with Gasteiger partial charge in [-0.3, -0.25) is 4.90 Å². The van der Waals surface area contributed by atoms with Crippen LogP contribution >= 0.6 is 11.6 Å². The topological polar surface area (TPSA) is 67.2 Å². The zero-order valence-electron chi connectivity index (χ0n) is 12.8. The van der Waals surface area contributed by atoms with Crippen LogP contribution in [0.5, 0.6) is 0 Å². The molecule has 0 radical (unpaired) electrons. The number of hydrogen-bond donors (Lipinski definition) is 1. The number of hydrogen-bond acceptors (Lipinski definition) is 5. The summed E-state index contributed by atoms with van der Waals surface area (Å²) in [6.07, 6.45) is 5.20. The fraction of sp³-hybridized carbons (Fsp3) is 0.786. The van der Waals surface area contributed by atoms with Crippen molar-refractivity contribution in [2.45, 2.75) is 37.9 Å². The van der Waals surface area contributed by atoms with E-state index in [0.717, 1.165) is 31.8 Å². The average Bonchev–Trinajstić information content (AvgIpc) is 2.98. The number of rotatable bonds is 4. The third-order valence-corrected chi connectivity index (χ3v) is 6.80. The molecule has 0 spiro atoms. The zero-order chi connectivity index (χ0) is 15.7. The van der Waals surface area contributed by atoms with Crippen LogP contribution in [0.15, 0.2) is 6.20 Å². The molecule has 2 atom stereocenters. The van der Waals surface area contributed by atoms with Gasteiger partial charge in [0.1, 0.15) is 11.0 Å². The summed E-state index contributed by atoms with van der Waals surface area (Å²) in [6.45, 7) is 2.55. The van der Waals surface area contributed by atoms with E-state index >= 15 is 0 Å². The molecule has 1 aromatic rings. The SMILES string of the molecule is Cn1c(Cl)cnc1CN[C@H]1CS(=O)(=O)C[C@@H]1N1CCCCC1. The van der Waals surface area contributed by atoms with Gasteiger partial charge in [0.2, 0.25) is 0 Å². The molecule has 2 saturated heterocycles. The van der Waals surface area contributed by atoms with Crippen LogP contribution in [0, 0.1) is 0 Å². The van der Waals surface area contributed by atoms with Gasteiger partial charge in [-0.25, -0.2) is 13.4 Å². The number of sulfone groups is 1. The highest BCUT2D eigenvalue weighted by Crippen LogP contribution is 2.22. The van der Waals surface area contributed by atoms with Crippen molar-refractivity contribution in [1.82, 2.24) is 19.8 Å². The molecule has 0 unspecified atom stereocenters. The van der Waals surface area contributed by atoms with Crippen LogP contribution in [0.2, 0.25) is 5.15 Å². The molecule has 6 nitrogen and oxygen atoms in total. The van der Waals surface area contributed by atoms with Crippen LogP contribution in [0.4, 0.5) is 0 Å². The smallest absolute Gasteiger partial charge is 0.153 e. The third-order valence-electron chi connectivity index (χ3n) is 4.73. The fourth-order valence-corrected chi connectivity index (χ4v) is 5.58. The molecule has 1 N–H and O–H groups in total. The summed E-state index contributed by atoms with van der Waals surface area (Å²) in [5.41, 5.74) is 0. The van der Waals surface area contributed by atoms with Gasteiger partial charge in [0, 0.05) is 19.1 Å². The van der Waals surface area contributed by atoms with Gasteiger partial charge in [-0.15, -0.1) is 0 Å². The van der Waals surface area contributed by atoms with E-state index in [2.05, 4.69) is 15.2 Å².